The van der Waals surface area contributed by atoms with E-state index in [9.17, 15) is 10.1 Å². The number of ether oxygens (including phenoxy) is 2. The predicted molar refractivity (Wildman–Crippen MR) is 172 cm³/mol. The number of carbonyl (C=O) groups is 1. The first-order chi connectivity index (χ1) is 20.5. The number of hydrogen-bond acceptors (Lipinski definition) is 9. The monoisotopic (exact) mass is 617 g/mol. The van der Waals surface area contributed by atoms with Gasteiger partial charge in [-0.25, -0.2) is 19.4 Å². The molecule has 5 rings (SSSR count). The molecule has 0 fully saturated rings. The van der Waals surface area contributed by atoms with Crippen LogP contribution < -0.4 is 15.0 Å². The lowest BCUT2D eigenvalue weighted by Gasteiger charge is -2.39. The second-order valence-corrected chi connectivity index (χ2v) is 19.2. The Labute approximate surface area is 260 Å². The van der Waals surface area contributed by atoms with E-state index >= 15 is 0 Å². The van der Waals surface area contributed by atoms with Crippen molar-refractivity contribution in [3.63, 3.8) is 0 Å². The van der Waals surface area contributed by atoms with E-state index < -0.39 is 25.4 Å². The lowest BCUT2D eigenvalue weighted by atomic mass is 9.83. The molecule has 1 atom stereocenters. The lowest BCUT2D eigenvalue weighted by Crippen LogP contribution is -2.46. The number of hydrogen-bond donors (Lipinski definition) is 1. The Morgan fingerprint density at radius 3 is 2.66 bits per heavy atom. The van der Waals surface area contributed by atoms with Crippen LogP contribution in [0.15, 0.2) is 30.6 Å². The van der Waals surface area contributed by atoms with Crippen LogP contribution in [0.4, 0.5) is 22.1 Å². The molecule has 1 aromatic carbocycles. The van der Waals surface area contributed by atoms with Gasteiger partial charge in [-0.2, -0.15) is 10.4 Å². The maximum Gasteiger partial charge on any atom is 0.414 e. The molecule has 0 radical (unpaired) electrons. The molecule has 3 aromatic rings. The van der Waals surface area contributed by atoms with Crippen LogP contribution in [0.3, 0.4) is 0 Å². The van der Waals surface area contributed by atoms with Crippen LogP contribution in [0.1, 0.15) is 66.0 Å². The van der Waals surface area contributed by atoms with Crippen LogP contribution in [0, 0.1) is 11.3 Å². The van der Waals surface area contributed by atoms with Gasteiger partial charge in [-0.1, -0.05) is 27.7 Å². The highest BCUT2D eigenvalue weighted by atomic mass is 28.4. The summed E-state index contributed by atoms with van der Waals surface area (Å²) in [5.74, 6) is 1.04. The Bertz CT molecular complexity index is 1620. The molecule has 0 saturated heterocycles. The highest BCUT2D eigenvalue weighted by Gasteiger charge is 2.47. The van der Waals surface area contributed by atoms with E-state index in [0.29, 0.717) is 54.2 Å². The van der Waals surface area contributed by atoms with E-state index in [1.165, 1.54) is 0 Å². The molecule has 0 aliphatic carbocycles. The second kappa shape index (κ2) is 11.2. The van der Waals surface area contributed by atoms with E-state index in [1.807, 2.05) is 37.6 Å². The van der Waals surface area contributed by atoms with E-state index in [-0.39, 0.29) is 5.04 Å². The Morgan fingerprint density at radius 2 is 1.98 bits per heavy atom. The Kier molecular flexibility index (Phi) is 8.01. The molecule has 234 valence electrons. The van der Waals surface area contributed by atoms with Crippen molar-refractivity contribution in [1.29, 1.82) is 5.26 Å². The van der Waals surface area contributed by atoms with Crippen molar-refractivity contribution in [1.82, 2.24) is 19.7 Å². The maximum absolute atomic E-state index is 13.5. The highest BCUT2D eigenvalue weighted by Crippen LogP contribution is 2.47. The third kappa shape index (κ3) is 6.16. The minimum Gasteiger partial charge on any atom is -0.476 e. The van der Waals surface area contributed by atoms with Crippen LogP contribution in [-0.2, 0) is 21.1 Å². The second-order valence-electron chi connectivity index (χ2n) is 14.4. The summed E-state index contributed by atoms with van der Waals surface area (Å²) in [5, 5.41) is 18.0. The molecule has 2 aromatic heterocycles. The van der Waals surface area contributed by atoms with Gasteiger partial charge in [-0.05, 0) is 62.7 Å². The first-order valence-electron chi connectivity index (χ1n) is 15.0. The summed E-state index contributed by atoms with van der Waals surface area (Å²) in [7, 11) is -2.12. The van der Waals surface area contributed by atoms with Gasteiger partial charge >= 0.3 is 6.09 Å². The number of nitrogens with zero attached hydrogens (tertiary/aromatic N) is 6. The zero-order chi connectivity index (χ0) is 32.1. The van der Waals surface area contributed by atoms with Crippen LogP contribution in [-0.4, -0.2) is 59.5 Å². The van der Waals surface area contributed by atoms with E-state index in [0.717, 1.165) is 24.1 Å². The number of anilines is 3. The minimum atomic E-state index is -2.12. The number of nitrogens with one attached hydrogen (secondary N) is 1. The molecule has 1 N–H and O–H groups in total. The molecule has 4 heterocycles. The number of fused-ring (bicyclic) bond motifs is 2. The molecule has 1 amide bonds. The Hall–Kier alpha value is -3.95. The number of amides is 1. The van der Waals surface area contributed by atoms with Gasteiger partial charge in [0.25, 0.3) is 0 Å². The quantitative estimate of drug-likeness (QED) is 0.298. The smallest absolute Gasteiger partial charge is 0.414 e. The normalized spacial score (nSPS) is 18.2. The highest BCUT2D eigenvalue weighted by molar-refractivity contribution is 6.74. The van der Waals surface area contributed by atoms with Gasteiger partial charge in [0, 0.05) is 43.3 Å². The summed E-state index contributed by atoms with van der Waals surface area (Å²) in [6.45, 7) is 20.8. The SMILES string of the molecule is CC(C)(C)OC(=O)N1C[C@](C)(CO[Si](C)(C)C(C)(C)C)c2cc(-c3ccnc(Nc4cnn5c4OCCC5)n3)cc(C#N)c21. The summed E-state index contributed by atoms with van der Waals surface area (Å²) in [5.41, 5.74) is 2.56. The number of aromatic nitrogens is 4. The third-order valence-corrected chi connectivity index (χ3v) is 13.0. The van der Waals surface area contributed by atoms with E-state index in [4.69, 9.17) is 18.9 Å². The van der Waals surface area contributed by atoms with Crippen molar-refractivity contribution in [3.8, 4) is 23.2 Å². The molecule has 44 heavy (non-hydrogen) atoms. The van der Waals surface area contributed by atoms with Crippen LogP contribution in [0.5, 0.6) is 5.88 Å². The van der Waals surface area contributed by atoms with Gasteiger partial charge < -0.3 is 19.2 Å². The molecule has 0 saturated carbocycles. The summed E-state index contributed by atoms with van der Waals surface area (Å²) in [6, 6.07) is 7.94. The number of rotatable bonds is 6. The van der Waals surface area contributed by atoms with Gasteiger partial charge in [0.05, 0.1) is 29.7 Å². The molecule has 2 aliphatic rings. The zero-order valence-corrected chi connectivity index (χ0v) is 28.2. The first kappa shape index (κ1) is 31.5. The average molecular weight is 618 g/mol. The minimum absolute atomic E-state index is 0.0136. The summed E-state index contributed by atoms with van der Waals surface area (Å²) < 4.78 is 20.1. The number of aryl methyl sites for hydroxylation is 1. The van der Waals surface area contributed by atoms with Gasteiger partial charge in [0.2, 0.25) is 11.8 Å². The molecule has 0 unspecified atom stereocenters. The molecule has 0 bridgehead atoms. The summed E-state index contributed by atoms with van der Waals surface area (Å²) in [4.78, 5) is 24.3. The van der Waals surface area contributed by atoms with Gasteiger partial charge in [-0.15, -0.1) is 0 Å². The van der Waals surface area contributed by atoms with Crippen molar-refractivity contribution >= 4 is 31.7 Å². The van der Waals surface area contributed by atoms with Crippen molar-refractivity contribution < 1.29 is 18.7 Å². The summed E-state index contributed by atoms with van der Waals surface area (Å²) in [6.07, 6.45) is 3.80. The standard InChI is InChI=1S/C32H43N7O4Si/c1-30(2,3)43-29(40)38-19-32(7,20-42-44(8,9)31(4,5)6)23-16-21(15-22(17-33)26(23)38)24-11-12-34-28(36-24)37-25-18-35-39-13-10-14-41-27(25)39/h11-12,15-16,18H,10,13-14,19-20H2,1-9H3,(H,34,36,37)/t32-/m1/s1. The van der Waals surface area contributed by atoms with Crippen LogP contribution in [0.2, 0.25) is 18.1 Å². The van der Waals surface area contributed by atoms with Crippen LogP contribution in [0.25, 0.3) is 11.3 Å². The largest absolute Gasteiger partial charge is 0.476 e. The molecule has 12 heteroatoms. The van der Waals surface area contributed by atoms with Crippen molar-refractivity contribution in [3.05, 3.63) is 41.7 Å². The third-order valence-electron chi connectivity index (χ3n) is 8.57. The Balaban J connectivity index is 1.55. The van der Waals surface area contributed by atoms with Gasteiger partial charge in [-0.3, -0.25) is 4.90 Å². The lowest BCUT2D eigenvalue weighted by molar-refractivity contribution is 0.0575. The van der Waals surface area contributed by atoms with Crippen LogP contribution >= 0.6 is 0 Å². The average Bonchev–Trinajstić information content (AvgIpc) is 3.49. The Morgan fingerprint density at radius 1 is 1.23 bits per heavy atom. The van der Waals surface area contributed by atoms with E-state index in [2.05, 4.69) is 62.3 Å². The fraction of sp³-hybridized carbons (Fsp3) is 0.531. The van der Waals surface area contributed by atoms with E-state index in [1.54, 1.807) is 23.4 Å². The zero-order valence-electron chi connectivity index (χ0n) is 27.2. The molecular weight excluding hydrogens is 574 g/mol. The predicted octanol–water partition coefficient (Wildman–Crippen LogP) is 6.77. The van der Waals surface area contributed by atoms with Crippen molar-refractivity contribution in [2.75, 3.05) is 30.0 Å². The fourth-order valence-electron chi connectivity index (χ4n) is 5.14. The number of nitriles is 1. The number of benzene rings is 1. The van der Waals surface area contributed by atoms with Gasteiger partial charge in [0.1, 0.15) is 17.4 Å². The van der Waals surface area contributed by atoms with Gasteiger partial charge in [0.15, 0.2) is 8.32 Å². The molecule has 11 nitrogen and oxygen atoms in total. The maximum atomic E-state index is 13.5. The van der Waals surface area contributed by atoms with Crippen molar-refractivity contribution in [2.24, 2.45) is 0 Å². The first-order valence-corrected chi connectivity index (χ1v) is 17.9. The number of carbonyl (C=O) groups excluding carboxylic acids is 1. The van der Waals surface area contributed by atoms with Crippen molar-refractivity contribution in [2.45, 2.75) is 90.6 Å². The fourth-order valence-corrected chi connectivity index (χ4v) is 6.25. The topological polar surface area (TPSA) is 127 Å². The molecular formula is C32H43N7O4Si. The molecule has 2 aliphatic heterocycles. The molecule has 0 spiro atoms. The summed E-state index contributed by atoms with van der Waals surface area (Å²) >= 11 is 0.